The van der Waals surface area contributed by atoms with E-state index in [1.54, 1.807) is 20.8 Å². The van der Waals surface area contributed by atoms with Crippen LogP contribution in [0.25, 0.3) is 10.4 Å². The monoisotopic (exact) mass is 511 g/mol. The Bertz CT molecular complexity index is 1060. The van der Waals surface area contributed by atoms with E-state index >= 15 is 0 Å². The number of nitrogens with zero attached hydrogens (tertiary/aromatic N) is 4. The maximum absolute atomic E-state index is 11.9. The molecule has 1 rings (SSSR count). The van der Waals surface area contributed by atoms with Crippen molar-refractivity contribution in [3.8, 4) is 5.75 Å². The number of benzene rings is 1. The fourth-order valence-electron chi connectivity index (χ4n) is 2.81. The molecule has 36 heavy (non-hydrogen) atoms. The molecule has 0 aliphatic heterocycles. The van der Waals surface area contributed by atoms with Crippen molar-refractivity contribution in [2.75, 3.05) is 0 Å². The number of nitro benzene ring substituents is 1. The molecule has 0 aromatic heterocycles. The fraction of sp³-hybridized carbons (Fsp3) is 0.500. The summed E-state index contributed by atoms with van der Waals surface area (Å²) in [6, 6.07) is 0.197. The highest BCUT2D eigenvalue weighted by atomic mass is 16.6. The number of rotatable bonds is 13. The lowest BCUT2D eigenvalue weighted by molar-refractivity contribution is -0.386. The zero-order valence-electron chi connectivity index (χ0n) is 19.5. The first-order valence-electron chi connectivity index (χ1n) is 10.3. The fourth-order valence-corrected chi connectivity index (χ4v) is 2.81. The average Bonchev–Trinajstić information content (AvgIpc) is 2.73. The van der Waals surface area contributed by atoms with Gasteiger partial charge in [-0.05, 0) is 50.8 Å². The van der Waals surface area contributed by atoms with Gasteiger partial charge in [0.05, 0.1) is 4.92 Å². The van der Waals surface area contributed by atoms with Crippen molar-refractivity contribution in [1.82, 2.24) is 5.32 Å². The number of aliphatic carboxylic acids is 3. The molecule has 1 aromatic rings. The van der Waals surface area contributed by atoms with Gasteiger partial charge in [0, 0.05) is 17.4 Å². The molecule has 0 aliphatic rings. The number of azide groups is 1. The molecule has 16 nitrogen and oxygen atoms in total. The summed E-state index contributed by atoms with van der Waals surface area (Å²) in [6.45, 7) is 4.73. The van der Waals surface area contributed by atoms with Crippen molar-refractivity contribution in [3.05, 3.63) is 44.3 Å². The minimum atomic E-state index is -1.72. The van der Waals surface area contributed by atoms with Crippen LogP contribution in [-0.2, 0) is 25.5 Å². The van der Waals surface area contributed by atoms with Crippen LogP contribution < -0.4 is 10.1 Å². The van der Waals surface area contributed by atoms with Crippen molar-refractivity contribution >= 4 is 29.7 Å². The number of amides is 1. The number of nitrogens with one attached hydrogen (secondary N) is 1. The number of hydrogen-bond acceptors (Lipinski definition) is 9. The maximum Gasteiger partial charge on any atom is 0.408 e. The number of carboxylic acid groups (broad SMARTS) is 3. The van der Waals surface area contributed by atoms with Crippen molar-refractivity contribution in [2.45, 2.75) is 63.8 Å². The zero-order valence-corrected chi connectivity index (χ0v) is 19.5. The highest BCUT2D eigenvalue weighted by molar-refractivity contribution is 5.80. The Balaban J connectivity index is 3.11. The lowest BCUT2D eigenvalue weighted by atomic mass is 10.0. The number of carbonyl (C=O) groups excluding carboxylic acids is 1. The molecule has 2 unspecified atom stereocenters. The SMILES string of the molecule is CC(C)(C)OC(=O)N[C@@H](Cc1ccc(OC(CCC(N=[N+]=[N-])C(=O)O)C(=O)O)c([N+](=O)[O-])c1)C(=O)O. The molecule has 0 saturated heterocycles. The molecule has 0 heterocycles. The lowest BCUT2D eigenvalue weighted by Gasteiger charge is -2.22. The molecule has 1 amide bonds. The molecule has 196 valence electrons. The number of hydrogen-bond donors (Lipinski definition) is 4. The van der Waals surface area contributed by atoms with Gasteiger partial charge >= 0.3 is 29.7 Å². The molecular weight excluding hydrogens is 486 g/mol. The molecule has 0 aliphatic carbocycles. The van der Waals surface area contributed by atoms with Gasteiger partial charge in [-0.2, -0.15) is 0 Å². The first kappa shape index (κ1) is 29.4. The Morgan fingerprint density at radius 3 is 2.25 bits per heavy atom. The second-order valence-electron chi connectivity index (χ2n) is 8.38. The summed E-state index contributed by atoms with van der Waals surface area (Å²) >= 11 is 0. The van der Waals surface area contributed by atoms with Crippen LogP contribution in [0.15, 0.2) is 23.3 Å². The lowest BCUT2D eigenvalue weighted by Crippen LogP contribution is -2.44. The van der Waals surface area contributed by atoms with Crippen molar-refractivity contribution in [2.24, 2.45) is 5.11 Å². The Morgan fingerprint density at radius 1 is 1.14 bits per heavy atom. The van der Waals surface area contributed by atoms with Gasteiger partial charge in [0.15, 0.2) is 11.9 Å². The summed E-state index contributed by atoms with van der Waals surface area (Å²) in [4.78, 5) is 59.2. The van der Waals surface area contributed by atoms with E-state index in [4.69, 9.17) is 20.1 Å². The molecule has 0 spiro atoms. The van der Waals surface area contributed by atoms with E-state index in [0.29, 0.717) is 0 Å². The number of carboxylic acids is 3. The van der Waals surface area contributed by atoms with Crippen LogP contribution in [0.4, 0.5) is 10.5 Å². The smallest absolute Gasteiger partial charge is 0.408 e. The highest BCUT2D eigenvalue weighted by Crippen LogP contribution is 2.30. The van der Waals surface area contributed by atoms with Gasteiger partial charge < -0.3 is 30.1 Å². The first-order valence-corrected chi connectivity index (χ1v) is 10.3. The van der Waals surface area contributed by atoms with E-state index in [0.717, 1.165) is 12.1 Å². The third-order valence-electron chi connectivity index (χ3n) is 4.37. The Labute approximate surface area is 203 Å². The van der Waals surface area contributed by atoms with Gasteiger partial charge in [0.25, 0.3) is 0 Å². The van der Waals surface area contributed by atoms with E-state index in [1.807, 2.05) is 0 Å². The van der Waals surface area contributed by atoms with Gasteiger partial charge in [-0.25, -0.2) is 14.4 Å². The average molecular weight is 511 g/mol. The van der Waals surface area contributed by atoms with Crippen molar-refractivity contribution in [3.63, 3.8) is 0 Å². The van der Waals surface area contributed by atoms with Crippen LogP contribution in [0.3, 0.4) is 0 Å². The Kier molecular flexibility index (Phi) is 10.4. The number of ether oxygens (including phenoxy) is 2. The van der Waals surface area contributed by atoms with E-state index < -0.39 is 77.0 Å². The van der Waals surface area contributed by atoms with Crippen molar-refractivity contribution < 1.29 is 48.9 Å². The Morgan fingerprint density at radius 2 is 1.78 bits per heavy atom. The topological polar surface area (TPSA) is 251 Å². The number of carbonyl (C=O) groups is 4. The normalized spacial score (nSPS) is 13.3. The summed E-state index contributed by atoms with van der Waals surface area (Å²) in [5.74, 6) is -4.94. The predicted octanol–water partition coefficient (Wildman–Crippen LogP) is 2.49. The standard InChI is InChI=1S/C20H25N5O11/c1-20(2,3)36-19(32)22-12(17(28)29)8-10-4-6-14(13(9-10)25(33)34)35-15(18(30)31)7-5-11(16(26)27)23-24-21/h4,6,9,11-12,15H,5,7-8H2,1-3H3,(H,22,32)(H,26,27)(H,28,29)(H,30,31)/t11?,12-,15?/m0/s1. The molecule has 1 aromatic carbocycles. The molecule has 0 radical (unpaired) electrons. The highest BCUT2D eigenvalue weighted by Gasteiger charge is 2.29. The molecule has 0 fully saturated rings. The first-order chi connectivity index (χ1) is 16.6. The molecule has 4 N–H and O–H groups in total. The molecule has 0 saturated carbocycles. The van der Waals surface area contributed by atoms with E-state index in [9.17, 15) is 39.5 Å². The molecule has 3 atom stereocenters. The van der Waals surface area contributed by atoms with Crippen LogP contribution in [-0.4, -0.2) is 68.0 Å². The molecule has 0 bridgehead atoms. The van der Waals surface area contributed by atoms with Crippen LogP contribution in [0.5, 0.6) is 5.75 Å². The maximum atomic E-state index is 11.9. The summed E-state index contributed by atoms with van der Waals surface area (Å²) < 4.78 is 10.2. The van der Waals surface area contributed by atoms with Crippen molar-refractivity contribution in [1.29, 1.82) is 0 Å². The van der Waals surface area contributed by atoms with Crippen LogP contribution in [0.2, 0.25) is 0 Å². The third kappa shape index (κ3) is 9.72. The Hall–Kier alpha value is -4.59. The predicted molar refractivity (Wildman–Crippen MR) is 119 cm³/mol. The second-order valence-corrected chi connectivity index (χ2v) is 8.38. The van der Waals surface area contributed by atoms with Crippen LogP contribution >= 0.6 is 0 Å². The minimum absolute atomic E-state index is 0.110. The summed E-state index contributed by atoms with van der Waals surface area (Å²) in [5, 5.41) is 44.5. The number of nitro groups is 1. The van der Waals surface area contributed by atoms with Crippen LogP contribution in [0.1, 0.15) is 39.2 Å². The number of alkyl carbamates (subject to hydrolysis) is 1. The second kappa shape index (κ2) is 12.8. The minimum Gasteiger partial charge on any atom is -0.481 e. The van der Waals surface area contributed by atoms with Gasteiger partial charge in [0.2, 0.25) is 0 Å². The zero-order chi connectivity index (χ0) is 27.6. The van der Waals surface area contributed by atoms with Gasteiger partial charge in [-0.1, -0.05) is 11.2 Å². The largest absolute Gasteiger partial charge is 0.481 e. The van der Waals surface area contributed by atoms with Gasteiger partial charge in [-0.3, -0.25) is 14.9 Å². The summed E-state index contributed by atoms with van der Waals surface area (Å²) in [6.07, 6.45) is -3.96. The molecular formula is C20H25N5O11. The van der Waals surface area contributed by atoms with E-state index in [1.165, 1.54) is 6.07 Å². The van der Waals surface area contributed by atoms with Crippen LogP contribution in [0, 0.1) is 10.1 Å². The third-order valence-corrected chi connectivity index (χ3v) is 4.37. The molecule has 16 heteroatoms. The van der Waals surface area contributed by atoms with E-state index in [-0.39, 0.29) is 12.0 Å². The van der Waals surface area contributed by atoms with Gasteiger partial charge in [-0.15, -0.1) is 0 Å². The summed E-state index contributed by atoms with van der Waals surface area (Å²) in [7, 11) is 0. The quantitative estimate of drug-likeness (QED) is 0.0983. The summed E-state index contributed by atoms with van der Waals surface area (Å²) in [5.41, 5.74) is 6.95. The van der Waals surface area contributed by atoms with Gasteiger partial charge in [0.1, 0.15) is 17.7 Å². The van der Waals surface area contributed by atoms with E-state index in [2.05, 4.69) is 15.3 Å².